The third-order valence-electron chi connectivity index (χ3n) is 2.56. The Kier molecular flexibility index (Phi) is 3.66. The number of carboxylic acid groups (broad SMARTS) is 1. The minimum Gasteiger partial charge on any atom is -0.507 e. The zero-order valence-corrected chi connectivity index (χ0v) is 10.9. The van der Waals surface area contributed by atoms with E-state index >= 15 is 0 Å². The Morgan fingerprint density at radius 1 is 1.21 bits per heavy atom. The van der Waals surface area contributed by atoms with Crippen LogP contribution in [0.1, 0.15) is 6.92 Å². The molecule has 0 aliphatic heterocycles. The molecule has 98 valence electrons. The topological polar surface area (TPSA) is 77.8 Å². The maximum absolute atomic E-state index is 10.6. The van der Waals surface area contributed by atoms with Crippen LogP contribution in [-0.2, 0) is 4.79 Å². The summed E-state index contributed by atoms with van der Waals surface area (Å²) in [5.41, 5.74) is 0. The molecule has 0 aromatic heterocycles. The molecule has 2 aromatic rings. The summed E-state index contributed by atoms with van der Waals surface area (Å²) in [6.07, 6.45) is 1.05. The van der Waals surface area contributed by atoms with Crippen molar-refractivity contribution in [2.24, 2.45) is 0 Å². The van der Waals surface area contributed by atoms with Crippen molar-refractivity contribution in [1.82, 2.24) is 0 Å². The Balaban J connectivity index is 2.51. The predicted molar refractivity (Wildman–Crippen MR) is 74.5 cm³/mol. The van der Waals surface area contributed by atoms with Crippen LogP contribution in [-0.4, -0.2) is 21.3 Å². The van der Waals surface area contributed by atoms with Gasteiger partial charge in [-0.2, -0.15) is 0 Å². The quantitative estimate of drug-likeness (QED) is 0.455. The molecule has 19 heavy (non-hydrogen) atoms. The van der Waals surface area contributed by atoms with Crippen LogP contribution < -0.4 is 0 Å². The van der Waals surface area contributed by atoms with Crippen LogP contribution in [0.25, 0.3) is 10.8 Å². The highest BCUT2D eigenvalue weighted by atomic mass is 32.2. The first kappa shape index (κ1) is 13.3. The van der Waals surface area contributed by atoms with Crippen LogP contribution >= 0.6 is 11.8 Å². The Bertz CT molecular complexity index is 676. The van der Waals surface area contributed by atoms with E-state index < -0.39 is 5.97 Å². The van der Waals surface area contributed by atoms with Gasteiger partial charge in [0.05, 0.1) is 4.90 Å². The maximum atomic E-state index is 10.6. The van der Waals surface area contributed by atoms with Crippen molar-refractivity contribution in [3.05, 3.63) is 41.3 Å². The van der Waals surface area contributed by atoms with Crippen molar-refractivity contribution >= 4 is 28.5 Å². The number of hydrogen-bond donors (Lipinski definition) is 3. The number of allylic oxidation sites excluding steroid dienone is 1. The van der Waals surface area contributed by atoms with Crippen LogP contribution in [0.5, 0.6) is 11.5 Å². The van der Waals surface area contributed by atoms with Gasteiger partial charge in [0.1, 0.15) is 11.5 Å². The lowest BCUT2D eigenvalue weighted by Crippen LogP contribution is -1.88. The summed E-state index contributed by atoms with van der Waals surface area (Å²) in [7, 11) is 0. The molecule has 4 nitrogen and oxygen atoms in total. The van der Waals surface area contributed by atoms with Gasteiger partial charge in [-0.25, -0.2) is 4.79 Å². The van der Waals surface area contributed by atoms with E-state index in [4.69, 9.17) is 5.11 Å². The second-order valence-corrected chi connectivity index (χ2v) is 5.27. The molecule has 0 aliphatic carbocycles. The van der Waals surface area contributed by atoms with Crippen LogP contribution in [0.3, 0.4) is 0 Å². The zero-order valence-electron chi connectivity index (χ0n) is 10.1. The first-order valence-electron chi connectivity index (χ1n) is 5.52. The van der Waals surface area contributed by atoms with E-state index in [9.17, 15) is 15.0 Å². The maximum Gasteiger partial charge on any atom is 0.329 e. The highest BCUT2D eigenvalue weighted by molar-refractivity contribution is 8.03. The molecule has 2 rings (SSSR count). The summed E-state index contributed by atoms with van der Waals surface area (Å²) < 4.78 is 0. The summed E-state index contributed by atoms with van der Waals surface area (Å²) >= 11 is 1.10. The van der Waals surface area contributed by atoms with Crippen LogP contribution in [0, 0.1) is 0 Å². The van der Waals surface area contributed by atoms with Crippen molar-refractivity contribution in [2.45, 2.75) is 11.8 Å². The SMILES string of the molecule is CC(=CC(=O)O)Sc1cc(O)c2ccccc2c1O. The van der Waals surface area contributed by atoms with E-state index in [0.29, 0.717) is 20.6 Å². The lowest BCUT2D eigenvalue weighted by atomic mass is 10.1. The van der Waals surface area contributed by atoms with Gasteiger partial charge < -0.3 is 15.3 Å². The fraction of sp³-hybridized carbons (Fsp3) is 0.0714. The lowest BCUT2D eigenvalue weighted by Gasteiger charge is -2.09. The Hall–Kier alpha value is -2.14. The number of aliphatic carboxylic acids is 1. The van der Waals surface area contributed by atoms with Gasteiger partial charge in [-0.1, -0.05) is 36.0 Å². The minimum atomic E-state index is -1.05. The Labute approximate surface area is 114 Å². The van der Waals surface area contributed by atoms with Crippen molar-refractivity contribution in [3.63, 3.8) is 0 Å². The molecule has 0 heterocycles. The number of carboxylic acids is 1. The van der Waals surface area contributed by atoms with Crippen LogP contribution in [0.2, 0.25) is 0 Å². The molecular formula is C14H12O4S. The molecular weight excluding hydrogens is 264 g/mol. The molecule has 0 saturated carbocycles. The van der Waals surface area contributed by atoms with Gasteiger partial charge in [0.2, 0.25) is 0 Å². The van der Waals surface area contributed by atoms with Crippen molar-refractivity contribution in [3.8, 4) is 11.5 Å². The zero-order chi connectivity index (χ0) is 14.0. The highest BCUT2D eigenvalue weighted by Gasteiger charge is 2.11. The fourth-order valence-electron chi connectivity index (χ4n) is 1.77. The van der Waals surface area contributed by atoms with Gasteiger partial charge in [-0.15, -0.1) is 0 Å². The molecule has 0 aliphatic rings. The third kappa shape index (κ3) is 2.82. The Morgan fingerprint density at radius 2 is 1.84 bits per heavy atom. The molecule has 0 unspecified atom stereocenters. The first-order chi connectivity index (χ1) is 8.99. The number of fused-ring (bicyclic) bond motifs is 1. The normalized spacial score (nSPS) is 11.7. The Morgan fingerprint density at radius 3 is 2.47 bits per heavy atom. The molecule has 0 spiro atoms. The molecule has 5 heteroatoms. The summed E-state index contributed by atoms with van der Waals surface area (Å²) in [6.45, 7) is 1.63. The second-order valence-electron chi connectivity index (χ2n) is 3.98. The molecule has 3 N–H and O–H groups in total. The summed E-state index contributed by atoms with van der Waals surface area (Å²) in [5.74, 6) is -0.954. The number of phenolic OH excluding ortho intramolecular Hbond substituents is 2. The van der Waals surface area contributed by atoms with Crippen molar-refractivity contribution in [1.29, 1.82) is 0 Å². The van der Waals surface area contributed by atoms with E-state index in [0.717, 1.165) is 17.8 Å². The molecule has 0 saturated heterocycles. The number of rotatable bonds is 3. The number of phenols is 2. The number of carbonyl (C=O) groups is 1. The number of thioether (sulfide) groups is 1. The number of benzene rings is 2. The molecule has 0 radical (unpaired) electrons. The molecule has 0 atom stereocenters. The molecule has 0 bridgehead atoms. The largest absolute Gasteiger partial charge is 0.507 e. The molecule has 0 amide bonds. The average Bonchev–Trinajstić information content (AvgIpc) is 2.34. The van der Waals surface area contributed by atoms with E-state index in [2.05, 4.69) is 0 Å². The lowest BCUT2D eigenvalue weighted by molar-refractivity contribution is -0.131. The van der Waals surface area contributed by atoms with E-state index in [1.165, 1.54) is 6.07 Å². The van der Waals surface area contributed by atoms with E-state index in [1.54, 1.807) is 31.2 Å². The van der Waals surface area contributed by atoms with Gasteiger partial charge in [0.25, 0.3) is 0 Å². The monoisotopic (exact) mass is 276 g/mol. The highest BCUT2D eigenvalue weighted by Crippen LogP contribution is 2.42. The smallest absolute Gasteiger partial charge is 0.329 e. The number of hydrogen-bond acceptors (Lipinski definition) is 4. The van der Waals surface area contributed by atoms with E-state index in [-0.39, 0.29) is 11.5 Å². The predicted octanol–water partition coefficient (Wildman–Crippen LogP) is 3.33. The first-order valence-corrected chi connectivity index (χ1v) is 6.33. The van der Waals surface area contributed by atoms with Gasteiger partial charge in [-0.05, 0) is 17.9 Å². The van der Waals surface area contributed by atoms with Crippen molar-refractivity contribution < 1.29 is 20.1 Å². The molecule has 0 fully saturated rings. The van der Waals surface area contributed by atoms with Gasteiger partial charge in [0, 0.05) is 16.8 Å². The standard InChI is InChI=1S/C14H12O4S/c1-8(6-13(16)17)19-12-7-11(15)9-4-2-3-5-10(9)14(12)18/h2-7,15,18H,1H3,(H,16,17). The molecule has 2 aromatic carbocycles. The fourth-order valence-corrected chi connectivity index (χ4v) is 2.65. The summed E-state index contributed by atoms with van der Waals surface area (Å²) in [5, 5.41) is 29.8. The second kappa shape index (κ2) is 5.24. The summed E-state index contributed by atoms with van der Waals surface area (Å²) in [6, 6.07) is 8.37. The van der Waals surface area contributed by atoms with Crippen LogP contribution in [0.4, 0.5) is 0 Å². The average molecular weight is 276 g/mol. The van der Waals surface area contributed by atoms with Crippen molar-refractivity contribution in [2.75, 3.05) is 0 Å². The van der Waals surface area contributed by atoms with E-state index in [1.807, 2.05) is 0 Å². The van der Waals surface area contributed by atoms with Gasteiger partial charge in [0.15, 0.2) is 0 Å². The summed E-state index contributed by atoms with van der Waals surface area (Å²) in [4.78, 5) is 11.5. The van der Waals surface area contributed by atoms with Gasteiger partial charge >= 0.3 is 5.97 Å². The number of aromatic hydroxyl groups is 2. The van der Waals surface area contributed by atoms with Crippen LogP contribution in [0.15, 0.2) is 46.2 Å². The van der Waals surface area contributed by atoms with Gasteiger partial charge in [-0.3, -0.25) is 0 Å². The minimum absolute atomic E-state index is 0.0385. The third-order valence-corrected chi connectivity index (χ3v) is 3.53.